The summed E-state index contributed by atoms with van der Waals surface area (Å²) in [7, 11) is 0. The molecule has 0 saturated heterocycles. The number of nitrogens with one attached hydrogen (secondary N) is 1. The highest BCUT2D eigenvalue weighted by Crippen LogP contribution is 2.21. The lowest BCUT2D eigenvalue weighted by atomic mass is 9.88. The molecular weight excluding hydrogens is 248 g/mol. The molecule has 1 amide bonds. The minimum Gasteiger partial charge on any atom is -0.353 e. The highest BCUT2D eigenvalue weighted by atomic mass is 16.1. The maximum Gasteiger partial charge on any atom is 0.220 e. The summed E-state index contributed by atoms with van der Waals surface area (Å²) >= 11 is 0. The molecule has 1 fully saturated rings. The molecule has 0 aromatic carbocycles. The summed E-state index contributed by atoms with van der Waals surface area (Å²) < 4.78 is 0. The predicted molar refractivity (Wildman–Crippen MR) is 85.5 cm³/mol. The Morgan fingerprint density at radius 1 is 1.10 bits per heavy atom. The lowest BCUT2D eigenvalue weighted by Gasteiger charge is -2.23. The molecular formula is C17H34N2O. The van der Waals surface area contributed by atoms with Crippen LogP contribution in [-0.4, -0.2) is 18.5 Å². The third-order valence-electron chi connectivity index (χ3n) is 4.69. The molecule has 0 bridgehead atoms. The molecule has 0 aliphatic heterocycles. The third kappa shape index (κ3) is 7.28. The van der Waals surface area contributed by atoms with Gasteiger partial charge in [0, 0.05) is 12.5 Å². The quantitative estimate of drug-likeness (QED) is 0.749. The number of carbonyl (C=O) groups is 1. The number of amides is 1. The predicted octanol–water partition coefficient (Wildman–Crippen LogP) is 3.62. The van der Waals surface area contributed by atoms with Crippen molar-refractivity contribution in [2.24, 2.45) is 17.6 Å². The van der Waals surface area contributed by atoms with E-state index in [0.717, 1.165) is 19.4 Å². The van der Waals surface area contributed by atoms with Crippen LogP contribution in [0, 0.1) is 11.8 Å². The van der Waals surface area contributed by atoms with Gasteiger partial charge in [-0.25, -0.2) is 0 Å². The highest BCUT2D eigenvalue weighted by molar-refractivity contribution is 5.76. The van der Waals surface area contributed by atoms with Gasteiger partial charge >= 0.3 is 0 Å². The molecule has 3 N–H and O–H groups in total. The van der Waals surface area contributed by atoms with Crippen LogP contribution in [0.4, 0.5) is 0 Å². The van der Waals surface area contributed by atoms with Crippen LogP contribution in [0.2, 0.25) is 0 Å². The molecule has 1 aliphatic carbocycles. The Hall–Kier alpha value is -0.570. The van der Waals surface area contributed by atoms with E-state index >= 15 is 0 Å². The zero-order chi connectivity index (χ0) is 14.8. The maximum atomic E-state index is 12.1. The number of carbonyl (C=O) groups excluding carboxylic acids is 1. The molecule has 3 nitrogen and oxygen atoms in total. The van der Waals surface area contributed by atoms with Crippen molar-refractivity contribution in [1.29, 1.82) is 0 Å². The van der Waals surface area contributed by atoms with Crippen LogP contribution in [-0.2, 0) is 4.79 Å². The third-order valence-corrected chi connectivity index (χ3v) is 4.69. The van der Waals surface area contributed by atoms with Gasteiger partial charge in [0.2, 0.25) is 5.91 Å². The van der Waals surface area contributed by atoms with Gasteiger partial charge in [-0.05, 0) is 44.1 Å². The Bertz CT molecular complexity index is 258. The van der Waals surface area contributed by atoms with E-state index in [1.807, 2.05) is 0 Å². The molecule has 0 heterocycles. The van der Waals surface area contributed by atoms with E-state index in [0.29, 0.717) is 24.3 Å². The summed E-state index contributed by atoms with van der Waals surface area (Å²) in [6.45, 7) is 5.19. The lowest BCUT2D eigenvalue weighted by molar-refractivity contribution is -0.122. The monoisotopic (exact) mass is 282 g/mol. The topological polar surface area (TPSA) is 55.1 Å². The molecule has 0 aromatic rings. The summed E-state index contributed by atoms with van der Waals surface area (Å²) in [5, 5.41) is 3.25. The van der Waals surface area contributed by atoms with Gasteiger partial charge in [0.25, 0.3) is 0 Å². The summed E-state index contributed by atoms with van der Waals surface area (Å²) in [5.74, 6) is 1.45. The standard InChI is InChI=1S/C17H34N2O/c1-14(2)15(12-13-18)10-11-17(20)19-16-8-6-4-3-5-7-9-16/h14-16H,3-13,18H2,1-2H3,(H,19,20). The van der Waals surface area contributed by atoms with Gasteiger partial charge < -0.3 is 11.1 Å². The molecule has 0 spiro atoms. The summed E-state index contributed by atoms with van der Waals surface area (Å²) in [6, 6.07) is 0.426. The Morgan fingerprint density at radius 3 is 2.25 bits per heavy atom. The van der Waals surface area contributed by atoms with Gasteiger partial charge in [0.05, 0.1) is 0 Å². The van der Waals surface area contributed by atoms with E-state index < -0.39 is 0 Å². The molecule has 1 saturated carbocycles. The SMILES string of the molecule is CC(C)C(CCN)CCC(=O)NC1CCCCCCC1. The van der Waals surface area contributed by atoms with Crippen LogP contribution in [0.5, 0.6) is 0 Å². The van der Waals surface area contributed by atoms with E-state index in [4.69, 9.17) is 5.73 Å². The molecule has 1 atom stereocenters. The molecule has 1 rings (SSSR count). The first-order valence-electron chi connectivity index (χ1n) is 8.63. The van der Waals surface area contributed by atoms with E-state index in [2.05, 4.69) is 19.2 Å². The van der Waals surface area contributed by atoms with Gasteiger partial charge in [-0.1, -0.05) is 46.0 Å². The van der Waals surface area contributed by atoms with Crippen LogP contribution in [0.1, 0.15) is 78.1 Å². The molecule has 3 heteroatoms. The van der Waals surface area contributed by atoms with Crippen LogP contribution < -0.4 is 11.1 Å². The van der Waals surface area contributed by atoms with Crippen molar-refractivity contribution >= 4 is 5.91 Å². The van der Waals surface area contributed by atoms with Crippen LogP contribution in [0.25, 0.3) is 0 Å². The second kappa shape index (κ2) is 10.2. The summed E-state index contributed by atoms with van der Waals surface area (Å²) in [4.78, 5) is 12.1. The van der Waals surface area contributed by atoms with Crippen LogP contribution in [0.15, 0.2) is 0 Å². The number of rotatable bonds is 7. The average Bonchev–Trinajstić information content (AvgIpc) is 2.37. The largest absolute Gasteiger partial charge is 0.353 e. The van der Waals surface area contributed by atoms with Crippen molar-refractivity contribution in [3.8, 4) is 0 Å². The number of hydrogen-bond acceptors (Lipinski definition) is 2. The normalized spacial score (nSPS) is 19.4. The Morgan fingerprint density at radius 2 is 1.70 bits per heavy atom. The zero-order valence-electron chi connectivity index (χ0n) is 13.5. The van der Waals surface area contributed by atoms with Crippen molar-refractivity contribution in [3.05, 3.63) is 0 Å². The summed E-state index contributed by atoms with van der Waals surface area (Å²) in [5.41, 5.74) is 5.65. The minimum absolute atomic E-state index is 0.248. The van der Waals surface area contributed by atoms with E-state index in [9.17, 15) is 4.79 Å². The number of hydrogen-bond donors (Lipinski definition) is 2. The molecule has 118 valence electrons. The van der Waals surface area contributed by atoms with Crippen molar-refractivity contribution in [1.82, 2.24) is 5.32 Å². The van der Waals surface area contributed by atoms with Gasteiger partial charge in [-0.15, -0.1) is 0 Å². The van der Waals surface area contributed by atoms with Crippen LogP contribution in [0.3, 0.4) is 0 Å². The zero-order valence-corrected chi connectivity index (χ0v) is 13.5. The van der Waals surface area contributed by atoms with Crippen molar-refractivity contribution in [3.63, 3.8) is 0 Å². The first-order chi connectivity index (χ1) is 9.63. The lowest BCUT2D eigenvalue weighted by Crippen LogP contribution is -2.35. The van der Waals surface area contributed by atoms with Crippen LogP contribution >= 0.6 is 0 Å². The Kier molecular flexibility index (Phi) is 8.92. The Labute approximate surface area is 125 Å². The van der Waals surface area contributed by atoms with Crippen molar-refractivity contribution in [2.75, 3.05) is 6.54 Å². The molecule has 0 radical (unpaired) electrons. The fourth-order valence-electron chi connectivity index (χ4n) is 3.24. The second-order valence-corrected chi connectivity index (χ2v) is 6.73. The highest BCUT2D eigenvalue weighted by Gasteiger charge is 2.17. The summed E-state index contributed by atoms with van der Waals surface area (Å²) in [6.07, 6.45) is 11.6. The van der Waals surface area contributed by atoms with E-state index in [-0.39, 0.29) is 5.91 Å². The Balaban J connectivity index is 2.26. The van der Waals surface area contributed by atoms with Crippen molar-refractivity contribution in [2.45, 2.75) is 84.1 Å². The smallest absolute Gasteiger partial charge is 0.220 e. The fraction of sp³-hybridized carbons (Fsp3) is 0.941. The van der Waals surface area contributed by atoms with E-state index in [1.165, 1.54) is 44.9 Å². The molecule has 1 unspecified atom stereocenters. The average molecular weight is 282 g/mol. The minimum atomic E-state index is 0.248. The first-order valence-corrected chi connectivity index (χ1v) is 8.63. The molecule has 1 aliphatic rings. The second-order valence-electron chi connectivity index (χ2n) is 6.73. The van der Waals surface area contributed by atoms with Gasteiger partial charge in [-0.2, -0.15) is 0 Å². The fourth-order valence-corrected chi connectivity index (χ4v) is 3.24. The van der Waals surface area contributed by atoms with Gasteiger partial charge in [0.1, 0.15) is 0 Å². The van der Waals surface area contributed by atoms with Gasteiger partial charge in [-0.3, -0.25) is 4.79 Å². The molecule has 20 heavy (non-hydrogen) atoms. The maximum absolute atomic E-state index is 12.1. The first kappa shape index (κ1) is 17.5. The van der Waals surface area contributed by atoms with Gasteiger partial charge in [0.15, 0.2) is 0 Å². The molecule has 0 aromatic heterocycles. The number of nitrogens with two attached hydrogens (primary N) is 1. The van der Waals surface area contributed by atoms with E-state index in [1.54, 1.807) is 0 Å². The van der Waals surface area contributed by atoms with Crippen molar-refractivity contribution < 1.29 is 4.79 Å².